The minimum atomic E-state index is -0.810. The van der Waals surface area contributed by atoms with Gasteiger partial charge >= 0.3 is 11.8 Å². The van der Waals surface area contributed by atoms with E-state index in [1.807, 2.05) is 0 Å². The number of alkyl carbamates (subject to hydrolysis) is 1. The van der Waals surface area contributed by atoms with Crippen LogP contribution in [0.5, 0.6) is 5.75 Å². The summed E-state index contributed by atoms with van der Waals surface area (Å²) in [4.78, 5) is 48.5. The Morgan fingerprint density at radius 2 is 1.78 bits per heavy atom. The number of amides is 2. The fraction of sp³-hybridized carbons (Fsp3) is 0.240. The molecule has 0 aliphatic rings. The maximum Gasteiger partial charge on any atom is 0.407 e. The van der Waals surface area contributed by atoms with Crippen molar-refractivity contribution in [3.05, 3.63) is 70.3 Å². The second kappa shape index (κ2) is 9.53. The number of imidazole rings is 1. The lowest BCUT2D eigenvalue weighted by atomic mass is 10.1. The molecule has 4 rings (SSSR count). The van der Waals surface area contributed by atoms with Gasteiger partial charge in [-0.1, -0.05) is 36.4 Å². The summed E-state index contributed by atoms with van der Waals surface area (Å²) in [5, 5.41) is 2.69. The van der Waals surface area contributed by atoms with Crippen LogP contribution in [0, 0.1) is 0 Å². The van der Waals surface area contributed by atoms with Crippen molar-refractivity contribution < 1.29 is 19.1 Å². The first kappa shape index (κ1) is 24.5. The van der Waals surface area contributed by atoms with Gasteiger partial charge in [-0.3, -0.25) is 4.79 Å². The number of nitrogens with one attached hydrogen (secondary N) is 2. The molecule has 4 N–H and O–H groups in total. The molecular formula is C25H26N6O5. The maximum absolute atomic E-state index is 12.9. The summed E-state index contributed by atoms with van der Waals surface area (Å²) < 4.78 is 11.9. The normalized spacial score (nSPS) is 11.3. The number of aromatic amines is 1. The third kappa shape index (κ3) is 5.04. The van der Waals surface area contributed by atoms with E-state index in [1.165, 1.54) is 11.7 Å². The summed E-state index contributed by atoms with van der Waals surface area (Å²) in [6.07, 6.45) is -0.520. The SMILES string of the molecule is COc1ccccc1-n1c(=O)[nH]c2c(C(N)=O)nc(-c3ccc(CNC(=O)OC(C)(C)C)cc3)nc21. The summed E-state index contributed by atoms with van der Waals surface area (Å²) >= 11 is 0. The summed E-state index contributed by atoms with van der Waals surface area (Å²) in [6.45, 7) is 5.62. The zero-order chi connectivity index (χ0) is 26.0. The van der Waals surface area contributed by atoms with Crippen LogP contribution in [0.3, 0.4) is 0 Å². The number of nitrogens with zero attached hydrogens (tertiary/aromatic N) is 3. The standard InChI is InChI=1S/C25H26N6O5/c1-25(2,3)36-24(34)27-13-14-9-11-15(12-10-14)21-28-18(20(26)32)19-22(30-21)31(23(33)29-19)16-7-5-6-8-17(16)35-4/h5-12H,13H2,1-4H3,(H2,26,32)(H,27,34)(H,29,33). The van der Waals surface area contributed by atoms with Crippen molar-refractivity contribution in [2.75, 3.05) is 7.11 Å². The van der Waals surface area contributed by atoms with Crippen LogP contribution in [0.15, 0.2) is 53.3 Å². The number of ether oxygens (including phenoxy) is 2. The van der Waals surface area contributed by atoms with Gasteiger partial charge in [-0.2, -0.15) is 0 Å². The lowest BCUT2D eigenvalue weighted by Gasteiger charge is -2.19. The molecule has 0 atom stereocenters. The molecule has 11 heteroatoms. The fourth-order valence-electron chi connectivity index (χ4n) is 3.59. The average molecular weight is 491 g/mol. The molecule has 0 fully saturated rings. The highest BCUT2D eigenvalue weighted by Gasteiger charge is 2.21. The Hall–Kier alpha value is -4.67. The number of methoxy groups -OCH3 is 1. The van der Waals surface area contributed by atoms with Gasteiger partial charge in [0.25, 0.3) is 5.91 Å². The van der Waals surface area contributed by atoms with Gasteiger partial charge < -0.3 is 25.5 Å². The highest BCUT2D eigenvalue weighted by Crippen LogP contribution is 2.26. The molecule has 2 amide bonds. The van der Waals surface area contributed by atoms with Crippen LogP contribution < -0.4 is 21.5 Å². The molecule has 2 aromatic carbocycles. The monoisotopic (exact) mass is 490 g/mol. The van der Waals surface area contributed by atoms with E-state index in [4.69, 9.17) is 15.2 Å². The van der Waals surface area contributed by atoms with Gasteiger partial charge in [0.15, 0.2) is 17.2 Å². The number of hydrogen-bond donors (Lipinski definition) is 3. The van der Waals surface area contributed by atoms with Crippen LogP contribution in [0.25, 0.3) is 28.2 Å². The molecular weight excluding hydrogens is 464 g/mol. The minimum absolute atomic E-state index is 0.114. The number of fused-ring (bicyclic) bond motifs is 1. The van der Waals surface area contributed by atoms with Gasteiger partial charge in [0.1, 0.15) is 16.9 Å². The molecule has 0 saturated heterocycles. The van der Waals surface area contributed by atoms with Gasteiger partial charge in [0.05, 0.1) is 12.8 Å². The number of primary amides is 1. The van der Waals surface area contributed by atoms with E-state index in [0.29, 0.717) is 17.0 Å². The third-order valence-electron chi connectivity index (χ3n) is 5.14. The molecule has 0 unspecified atom stereocenters. The first-order chi connectivity index (χ1) is 17.1. The highest BCUT2D eigenvalue weighted by molar-refractivity contribution is 6.02. The Kier molecular flexibility index (Phi) is 6.47. The second-order valence-electron chi connectivity index (χ2n) is 8.95. The number of carbonyl (C=O) groups excluding carboxylic acids is 2. The molecule has 11 nitrogen and oxygen atoms in total. The van der Waals surface area contributed by atoms with Crippen LogP contribution in [0.2, 0.25) is 0 Å². The van der Waals surface area contributed by atoms with Crippen LogP contribution in [0.1, 0.15) is 36.8 Å². The van der Waals surface area contributed by atoms with E-state index in [1.54, 1.807) is 69.3 Å². The zero-order valence-electron chi connectivity index (χ0n) is 20.3. The fourth-order valence-corrected chi connectivity index (χ4v) is 3.59. The molecule has 0 spiro atoms. The first-order valence-corrected chi connectivity index (χ1v) is 11.1. The molecule has 0 radical (unpaired) electrons. The number of nitrogens with two attached hydrogens (primary N) is 1. The van der Waals surface area contributed by atoms with Crippen molar-refractivity contribution in [2.24, 2.45) is 5.73 Å². The molecule has 0 saturated carbocycles. The number of para-hydroxylation sites is 2. The van der Waals surface area contributed by atoms with Crippen molar-refractivity contribution in [2.45, 2.75) is 32.9 Å². The van der Waals surface area contributed by atoms with Crippen LogP contribution in [-0.2, 0) is 11.3 Å². The maximum atomic E-state index is 12.9. The smallest absolute Gasteiger partial charge is 0.407 e. The Labute approximate surface area is 206 Å². The molecule has 4 aromatic rings. The van der Waals surface area contributed by atoms with Gasteiger partial charge in [-0.05, 0) is 38.5 Å². The molecule has 0 aliphatic heterocycles. The Morgan fingerprint density at radius 3 is 2.42 bits per heavy atom. The summed E-state index contributed by atoms with van der Waals surface area (Å²) in [7, 11) is 1.49. The summed E-state index contributed by atoms with van der Waals surface area (Å²) in [5.41, 5.74) is 6.50. The van der Waals surface area contributed by atoms with Gasteiger partial charge in [-0.25, -0.2) is 24.1 Å². The van der Waals surface area contributed by atoms with E-state index in [2.05, 4.69) is 20.3 Å². The summed E-state index contributed by atoms with van der Waals surface area (Å²) in [5.74, 6) is -0.163. The Bertz CT molecular complexity index is 1500. The lowest BCUT2D eigenvalue weighted by molar-refractivity contribution is 0.0523. The van der Waals surface area contributed by atoms with Crippen molar-refractivity contribution in [3.8, 4) is 22.8 Å². The van der Waals surface area contributed by atoms with E-state index >= 15 is 0 Å². The second-order valence-corrected chi connectivity index (χ2v) is 8.95. The van der Waals surface area contributed by atoms with Crippen molar-refractivity contribution in [1.82, 2.24) is 24.8 Å². The van der Waals surface area contributed by atoms with Crippen LogP contribution in [-0.4, -0.2) is 44.2 Å². The lowest BCUT2D eigenvalue weighted by Crippen LogP contribution is -2.32. The van der Waals surface area contributed by atoms with Crippen molar-refractivity contribution >= 4 is 23.2 Å². The first-order valence-electron chi connectivity index (χ1n) is 11.1. The number of benzene rings is 2. The topological polar surface area (TPSA) is 154 Å². The van der Waals surface area contributed by atoms with Crippen molar-refractivity contribution in [3.63, 3.8) is 0 Å². The minimum Gasteiger partial charge on any atom is -0.495 e. The Morgan fingerprint density at radius 1 is 1.08 bits per heavy atom. The number of hydrogen-bond acceptors (Lipinski definition) is 7. The number of aromatic nitrogens is 4. The molecule has 0 bridgehead atoms. The molecule has 2 aromatic heterocycles. The quantitative estimate of drug-likeness (QED) is 0.375. The van der Waals surface area contributed by atoms with E-state index in [9.17, 15) is 14.4 Å². The van der Waals surface area contributed by atoms with Crippen molar-refractivity contribution in [1.29, 1.82) is 0 Å². The molecule has 36 heavy (non-hydrogen) atoms. The number of rotatable bonds is 6. The largest absolute Gasteiger partial charge is 0.495 e. The van der Waals surface area contributed by atoms with E-state index in [0.717, 1.165) is 5.56 Å². The van der Waals surface area contributed by atoms with E-state index < -0.39 is 23.3 Å². The summed E-state index contributed by atoms with van der Waals surface area (Å²) in [6, 6.07) is 14.0. The third-order valence-corrected chi connectivity index (χ3v) is 5.14. The highest BCUT2D eigenvalue weighted by atomic mass is 16.6. The van der Waals surface area contributed by atoms with Gasteiger partial charge in [0.2, 0.25) is 0 Å². The number of carbonyl (C=O) groups is 2. The predicted octanol–water partition coefficient (Wildman–Crippen LogP) is 2.91. The molecule has 2 heterocycles. The zero-order valence-corrected chi connectivity index (χ0v) is 20.3. The van der Waals surface area contributed by atoms with Crippen LogP contribution >= 0.6 is 0 Å². The molecule has 0 aliphatic carbocycles. The predicted molar refractivity (Wildman–Crippen MR) is 133 cm³/mol. The Balaban J connectivity index is 1.73. The molecule has 186 valence electrons. The number of H-pyrrole nitrogens is 1. The van der Waals surface area contributed by atoms with Crippen LogP contribution in [0.4, 0.5) is 4.79 Å². The van der Waals surface area contributed by atoms with E-state index in [-0.39, 0.29) is 29.2 Å². The van der Waals surface area contributed by atoms with Gasteiger partial charge in [-0.15, -0.1) is 0 Å². The average Bonchev–Trinajstić information content (AvgIpc) is 3.16. The van der Waals surface area contributed by atoms with Gasteiger partial charge in [0, 0.05) is 12.1 Å².